The van der Waals surface area contributed by atoms with Crippen LogP contribution in [0.5, 0.6) is 0 Å². The van der Waals surface area contributed by atoms with Crippen LogP contribution in [0, 0.1) is 6.92 Å². The summed E-state index contributed by atoms with van der Waals surface area (Å²) in [6, 6.07) is 6.23. The molecule has 0 unspecified atom stereocenters. The fourth-order valence-electron chi connectivity index (χ4n) is 1.36. The monoisotopic (exact) mass is 259 g/mol. The van der Waals surface area contributed by atoms with Gasteiger partial charge in [0.2, 0.25) is 0 Å². The molecule has 0 heterocycles. The van der Waals surface area contributed by atoms with Gasteiger partial charge in [0.1, 0.15) is 0 Å². The van der Waals surface area contributed by atoms with Crippen LogP contribution >= 0.6 is 0 Å². The van der Waals surface area contributed by atoms with Crippen molar-refractivity contribution in [3.8, 4) is 0 Å². The summed E-state index contributed by atoms with van der Waals surface area (Å²) in [4.78, 5) is 0. The molecule has 0 aliphatic carbocycles. The van der Waals surface area contributed by atoms with Crippen molar-refractivity contribution in [2.45, 2.75) is 27.7 Å². The maximum atomic E-state index is 3.73. The fraction of sp³-hybridized carbons (Fsp3) is 0.333. The number of hydrogen-bond acceptors (Lipinski definition) is 1. The maximum Gasteiger partial charge on any atom is 0.0156 e. The van der Waals surface area contributed by atoms with E-state index in [0.717, 1.165) is 17.7 Å². The van der Waals surface area contributed by atoms with Gasteiger partial charge in [-0.15, -0.1) is 0 Å². The number of likely N-dealkylation sites (N-methyl/N-ethyl adjacent to an activating group) is 1. The molecule has 0 aromatic heterocycles. The molecule has 106 valence electrons. The third-order valence-electron chi connectivity index (χ3n) is 2.16. The van der Waals surface area contributed by atoms with Gasteiger partial charge in [0.15, 0.2) is 0 Å². The highest BCUT2D eigenvalue weighted by molar-refractivity contribution is 5.64. The molecule has 1 nitrogen and oxygen atoms in total. The number of aryl methyl sites for hydroxylation is 1. The second kappa shape index (κ2) is 12.8. The molecule has 19 heavy (non-hydrogen) atoms. The quantitative estimate of drug-likeness (QED) is 0.743. The Bertz CT molecular complexity index is 389. The molecule has 0 fully saturated rings. The molecule has 0 radical (unpaired) electrons. The topological polar surface area (TPSA) is 12.0 Å². The molecule has 0 saturated heterocycles. The molecule has 0 atom stereocenters. The Morgan fingerprint density at radius 3 is 2.00 bits per heavy atom. The van der Waals surface area contributed by atoms with Crippen LogP contribution in [0.2, 0.25) is 0 Å². The highest BCUT2D eigenvalue weighted by Gasteiger charge is 1.93. The van der Waals surface area contributed by atoms with E-state index in [1.165, 1.54) is 11.1 Å². The molecule has 1 N–H and O–H groups in total. The minimum Gasteiger partial charge on any atom is -0.316 e. The van der Waals surface area contributed by atoms with E-state index < -0.39 is 0 Å². The molecule has 0 bridgehead atoms. The van der Waals surface area contributed by atoms with Crippen LogP contribution < -0.4 is 5.32 Å². The number of hydrogen-bond donors (Lipinski definition) is 1. The lowest BCUT2D eigenvalue weighted by atomic mass is 10.0. The predicted octanol–water partition coefficient (Wildman–Crippen LogP) is 5.09. The van der Waals surface area contributed by atoms with Gasteiger partial charge in [0, 0.05) is 6.54 Å². The fourth-order valence-corrected chi connectivity index (χ4v) is 1.36. The van der Waals surface area contributed by atoms with Gasteiger partial charge < -0.3 is 5.32 Å². The third-order valence-corrected chi connectivity index (χ3v) is 2.16. The van der Waals surface area contributed by atoms with Crippen molar-refractivity contribution >= 4 is 12.2 Å². The highest BCUT2D eigenvalue weighted by Crippen LogP contribution is 2.13. The molecule has 1 heteroatoms. The second-order valence-electron chi connectivity index (χ2n) is 4.03. The van der Waals surface area contributed by atoms with Crippen LogP contribution in [0.25, 0.3) is 12.2 Å². The minimum atomic E-state index is 0.931. The molecule has 0 saturated carbocycles. The first-order valence-corrected chi connectivity index (χ1v) is 6.69. The second-order valence-corrected chi connectivity index (χ2v) is 4.03. The first-order valence-electron chi connectivity index (χ1n) is 6.69. The molecular weight excluding hydrogens is 230 g/mol. The summed E-state index contributed by atoms with van der Waals surface area (Å²) in [5, 5.41) is 2.97. The van der Waals surface area contributed by atoms with Crippen LogP contribution in [0.1, 0.15) is 37.5 Å². The van der Waals surface area contributed by atoms with Gasteiger partial charge in [-0.25, -0.2) is 0 Å². The third kappa shape index (κ3) is 10.0. The Labute approximate surface area is 119 Å². The highest BCUT2D eigenvalue weighted by atomic mass is 14.8. The zero-order valence-electron chi connectivity index (χ0n) is 13.2. The van der Waals surface area contributed by atoms with E-state index in [2.05, 4.69) is 50.2 Å². The van der Waals surface area contributed by atoms with Crippen LogP contribution in [0.4, 0.5) is 0 Å². The molecule has 0 spiro atoms. The molecule has 1 rings (SSSR count). The van der Waals surface area contributed by atoms with E-state index in [-0.39, 0.29) is 0 Å². The van der Waals surface area contributed by atoms with Crippen LogP contribution in [0.3, 0.4) is 0 Å². The van der Waals surface area contributed by atoms with E-state index in [4.69, 9.17) is 0 Å². The van der Waals surface area contributed by atoms with E-state index in [9.17, 15) is 0 Å². The number of benzene rings is 1. The van der Waals surface area contributed by atoms with Crippen molar-refractivity contribution in [3.63, 3.8) is 0 Å². The zero-order valence-corrected chi connectivity index (χ0v) is 13.2. The molecule has 1 aromatic carbocycles. The number of nitrogens with one attached hydrogen (secondary N) is 1. The first kappa shape index (κ1) is 19.7. The maximum absolute atomic E-state index is 3.73. The first-order chi connectivity index (χ1) is 9.04. The average molecular weight is 259 g/mol. The summed E-state index contributed by atoms with van der Waals surface area (Å²) in [6.07, 6.45) is 3.69. The van der Waals surface area contributed by atoms with Crippen molar-refractivity contribution < 1.29 is 0 Å². The van der Waals surface area contributed by atoms with Gasteiger partial charge in [-0.3, -0.25) is 0 Å². The predicted molar refractivity (Wildman–Crippen MR) is 91.4 cm³/mol. The van der Waals surface area contributed by atoms with E-state index >= 15 is 0 Å². The number of rotatable bonds is 4. The summed E-state index contributed by atoms with van der Waals surface area (Å²) in [7, 11) is 1.91. The Morgan fingerprint density at radius 2 is 1.68 bits per heavy atom. The summed E-state index contributed by atoms with van der Waals surface area (Å²) in [5.74, 6) is 0. The Balaban J connectivity index is 0. The Hall–Kier alpha value is -1.60. The van der Waals surface area contributed by atoms with Crippen molar-refractivity contribution in [1.82, 2.24) is 5.32 Å². The standard InChI is InChI=1S/C11H12.C5H11N.C2H6/c1-4-10-7-6-9(3)8-11(10)5-2;1-5(2)4-6-3;1-2/h4-8H,1-2H2,3H3;6H,1,4H2,2-3H3;1-2H3. The summed E-state index contributed by atoms with van der Waals surface area (Å²) in [5.41, 5.74) is 4.73. The van der Waals surface area contributed by atoms with Gasteiger partial charge >= 0.3 is 0 Å². The van der Waals surface area contributed by atoms with Crippen molar-refractivity contribution in [1.29, 1.82) is 0 Å². The SMILES string of the molecule is C=C(C)CNC.C=Cc1ccc(C)cc1C=C.CC. The average Bonchev–Trinajstić information content (AvgIpc) is 2.41. The van der Waals surface area contributed by atoms with Gasteiger partial charge in [-0.05, 0) is 32.0 Å². The van der Waals surface area contributed by atoms with Crippen LogP contribution in [-0.4, -0.2) is 13.6 Å². The normalized spacial score (nSPS) is 8.26. The molecule has 1 aromatic rings. The van der Waals surface area contributed by atoms with E-state index in [1.54, 1.807) is 0 Å². The lowest BCUT2D eigenvalue weighted by Gasteiger charge is -2.00. The summed E-state index contributed by atoms with van der Waals surface area (Å²) in [6.45, 7) is 20.1. The van der Waals surface area contributed by atoms with Gasteiger partial charge in [0.05, 0.1) is 0 Å². The summed E-state index contributed by atoms with van der Waals surface area (Å²) < 4.78 is 0. The van der Waals surface area contributed by atoms with Gasteiger partial charge in [-0.1, -0.05) is 75.1 Å². The van der Waals surface area contributed by atoms with E-state index in [1.807, 2.05) is 40.0 Å². The van der Waals surface area contributed by atoms with Gasteiger partial charge in [-0.2, -0.15) is 0 Å². The smallest absolute Gasteiger partial charge is 0.0156 e. The Kier molecular flexibility index (Phi) is 13.3. The largest absolute Gasteiger partial charge is 0.316 e. The molecule has 0 aliphatic rings. The zero-order chi connectivity index (χ0) is 15.3. The molecular formula is C18H29N. The Morgan fingerprint density at radius 1 is 1.16 bits per heavy atom. The van der Waals surface area contributed by atoms with Gasteiger partial charge in [0.25, 0.3) is 0 Å². The lowest BCUT2D eigenvalue weighted by molar-refractivity contribution is 0.883. The lowest BCUT2D eigenvalue weighted by Crippen LogP contribution is -2.07. The van der Waals surface area contributed by atoms with E-state index in [0.29, 0.717) is 0 Å². The molecule has 0 aliphatic heterocycles. The van der Waals surface area contributed by atoms with Crippen molar-refractivity contribution in [2.75, 3.05) is 13.6 Å². The molecule has 0 amide bonds. The van der Waals surface area contributed by atoms with Crippen molar-refractivity contribution in [2.24, 2.45) is 0 Å². The van der Waals surface area contributed by atoms with Crippen LogP contribution in [-0.2, 0) is 0 Å². The summed E-state index contributed by atoms with van der Waals surface area (Å²) >= 11 is 0. The van der Waals surface area contributed by atoms with Crippen molar-refractivity contribution in [3.05, 3.63) is 60.2 Å². The van der Waals surface area contributed by atoms with Crippen LogP contribution in [0.15, 0.2) is 43.5 Å². The minimum absolute atomic E-state index is 0.931.